The number of anilines is 1. The number of nitrogens with zero attached hydrogens (tertiary/aromatic N) is 1. The number of rotatable bonds is 3. The zero-order chi connectivity index (χ0) is 14.4. The van der Waals surface area contributed by atoms with Crippen molar-refractivity contribution in [2.24, 2.45) is 0 Å². The van der Waals surface area contributed by atoms with Gasteiger partial charge in [-0.1, -0.05) is 19.9 Å². The molecule has 6 heteroatoms. The van der Waals surface area contributed by atoms with Gasteiger partial charge in [0.1, 0.15) is 0 Å². The van der Waals surface area contributed by atoms with E-state index in [0.717, 1.165) is 21.0 Å². The van der Waals surface area contributed by atoms with Crippen LogP contribution >= 0.6 is 0 Å². The van der Waals surface area contributed by atoms with Crippen LogP contribution in [0, 0.1) is 6.92 Å². The second-order valence-corrected chi connectivity index (χ2v) is 6.94. The molecule has 0 radical (unpaired) electrons. The first-order valence-corrected chi connectivity index (χ1v) is 7.68. The summed E-state index contributed by atoms with van der Waals surface area (Å²) in [7, 11) is -4.55. The van der Waals surface area contributed by atoms with Crippen molar-refractivity contribution in [2.75, 3.05) is 10.8 Å². The molecule has 0 spiro atoms. The molecule has 0 fully saturated rings. The highest BCUT2D eigenvalue weighted by molar-refractivity contribution is 7.93. The standard InChI is InChI=1S/C13H17F2NO2S/c1-8(2)10-6-9(3)11-4-5-16(12(11)7-10)19(17,18)13(14)15/h6-8,13H,4-5H2,1-3H3. The molecule has 0 atom stereocenters. The van der Waals surface area contributed by atoms with Gasteiger partial charge < -0.3 is 0 Å². The van der Waals surface area contributed by atoms with Gasteiger partial charge in [-0.2, -0.15) is 8.78 Å². The van der Waals surface area contributed by atoms with Crippen molar-refractivity contribution in [3.05, 3.63) is 28.8 Å². The molecule has 0 saturated heterocycles. The van der Waals surface area contributed by atoms with E-state index in [1.54, 1.807) is 6.07 Å². The Hall–Kier alpha value is -1.17. The third kappa shape index (κ3) is 2.33. The Morgan fingerprint density at radius 3 is 2.42 bits per heavy atom. The highest BCUT2D eigenvalue weighted by atomic mass is 32.2. The smallest absolute Gasteiger partial charge is 0.265 e. The number of alkyl halides is 2. The summed E-state index contributed by atoms with van der Waals surface area (Å²) in [5, 5.41) is 0. The number of aryl methyl sites for hydroxylation is 1. The van der Waals surface area contributed by atoms with Gasteiger partial charge in [0.25, 0.3) is 10.0 Å². The first-order valence-electron chi connectivity index (χ1n) is 6.18. The molecule has 0 saturated carbocycles. The van der Waals surface area contributed by atoms with E-state index in [2.05, 4.69) is 0 Å². The predicted molar refractivity (Wildman–Crippen MR) is 71.2 cm³/mol. The van der Waals surface area contributed by atoms with E-state index in [-0.39, 0.29) is 12.5 Å². The Bertz CT molecular complexity index is 597. The topological polar surface area (TPSA) is 37.4 Å². The lowest BCUT2D eigenvalue weighted by Crippen LogP contribution is -2.33. The summed E-state index contributed by atoms with van der Waals surface area (Å²) >= 11 is 0. The fraction of sp³-hybridized carbons (Fsp3) is 0.538. The number of benzene rings is 1. The monoisotopic (exact) mass is 289 g/mol. The van der Waals surface area contributed by atoms with Crippen LogP contribution < -0.4 is 4.31 Å². The zero-order valence-electron chi connectivity index (χ0n) is 11.2. The van der Waals surface area contributed by atoms with E-state index >= 15 is 0 Å². The summed E-state index contributed by atoms with van der Waals surface area (Å²) in [5.41, 5.74) is 3.21. The summed E-state index contributed by atoms with van der Waals surface area (Å²) in [6, 6.07) is 3.72. The minimum Gasteiger partial charge on any atom is -0.265 e. The number of hydrogen-bond acceptors (Lipinski definition) is 2. The van der Waals surface area contributed by atoms with Crippen LogP contribution in [-0.4, -0.2) is 20.7 Å². The van der Waals surface area contributed by atoms with Gasteiger partial charge in [-0.3, -0.25) is 4.31 Å². The average Bonchev–Trinajstić information content (AvgIpc) is 2.73. The molecule has 1 aliphatic heterocycles. The van der Waals surface area contributed by atoms with E-state index in [4.69, 9.17) is 0 Å². The summed E-state index contributed by atoms with van der Waals surface area (Å²) in [5.74, 6) is -3.15. The number of halogens is 2. The molecule has 0 N–H and O–H groups in total. The predicted octanol–water partition coefficient (Wildman–Crippen LogP) is 3.03. The third-order valence-corrected chi connectivity index (χ3v) is 4.95. The van der Waals surface area contributed by atoms with Crippen LogP contribution in [0.1, 0.15) is 36.5 Å². The molecule has 0 aromatic heterocycles. The molecular weight excluding hydrogens is 272 g/mol. The van der Waals surface area contributed by atoms with Crippen molar-refractivity contribution in [1.29, 1.82) is 0 Å². The Morgan fingerprint density at radius 2 is 1.89 bits per heavy atom. The van der Waals surface area contributed by atoms with E-state index in [1.807, 2.05) is 26.8 Å². The molecule has 1 aliphatic rings. The lowest BCUT2D eigenvalue weighted by Gasteiger charge is -2.20. The molecule has 1 aromatic rings. The summed E-state index contributed by atoms with van der Waals surface area (Å²) < 4.78 is 49.6. The van der Waals surface area contributed by atoms with Gasteiger partial charge in [0.05, 0.1) is 5.69 Å². The van der Waals surface area contributed by atoms with Gasteiger partial charge in [-0.25, -0.2) is 8.42 Å². The quantitative estimate of drug-likeness (QED) is 0.857. The first-order chi connectivity index (χ1) is 8.75. The summed E-state index contributed by atoms with van der Waals surface area (Å²) in [4.78, 5) is 0. The first kappa shape index (κ1) is 14.2. The molecule has 0 unspecified atom stereocenters. The van der Waals surface area contributed by atoms with E-state index in [9.17, 15) is 17.2 Å². The lowest BCUT2D eigenvalue weighted by atomic mass is 9.96. The lowest BCUT2D eigenvalue weighted by molar-refractivity contribution is 0.234. The van der Waals surface area contributed by atoms with Crippen LogP contribution in [0.5, 0.6) is 0 Å². The average molecular weight is 289 g/mol. The van der Waals surface area contributed by atoms with Crippen molar-refractivity contribution >= 4 is 15.7 Å². The maximum absolute atomic E-state index is 12.7. The molecule has 0 bridgehead atoms. The molecule has 0 amide bonds. The SMILES string of the molecule is Cc1cc(C(C)C)cc2c1CCN2S(=O)(=O)C(F)F. The van der Waals surface area contributed by atoms with Gasteiger partial charge >= 0.3 is 5.76 Å². The summed E-state index contributed by atoms with van der Waals surface area (Å²) in [6.45, 7) is 5.97. The minimum atomic E-state index is -4.55. The fourth-order valence-corrected chi connectivity index (χ4v) is 3.38. The van der Waals surface area contributed by atoms with E-state index < -0.39 is 15.8 Å². The number of sulfonamides is 1. The Kier molecular flexibility index (Phi) is 3.55. The number of fused-ring (bicyclic) bond motifs is 1. The highest BCUT2D eigenvalue weighted by Crippen LogP contribution is 2.36. The molecule has 19 heavy (non-hydrogen) atoms. The van der Waals surface area contributed by atoms with Crippen LogP contribution in [-0.2, 0) is 16.4 Å². The Balaban J connectivity index is 2.56. The Labute approximate surface area is 112 Å². The second kappa shape index (κ2) is 4.74. The van der Waals surface area contributed by atoms with Gasteiger partial charge in [0.2, 0.25) is 0 Å². The molecular formula is C13H17F2NO2S. The van der Waals surface area contributed by atoms with Gasteiger partial charge in [0, 0.05) is 6.54 Å². The molecule has 3 nitrogen and oxygen atoms in total. The molecule has 106 valence electrons. The second-order valence-electron chi connectivity index (χ2n) is 5.12. The van der Waals surface area contributed by atoms with E-state index in [1.165, 1.54) is 0 Å². The molecule has 2 rings (SSSR count). The van der Waals surface area contributed by atoms with Crippen molar-refractivity contribution in [1.82, 2.24) is 0 Å². The van der Waals surface area contributed by atoms with Gasteiger partial charge in [-0.15, -0.1) is 0 Å². The van der Waals surface area contributed by atoms with Gasteiger partial charge in [0.15, 0.2) is 0 Å². The third-order valence-electron chi connectivity index (χ3n) is 3.50. The summed E-state index contributed by atoms with van der Waals surface area (Å²) in [6.07, 6.45) is 0.492. The molecule has 1 aromatic carbocycles. The van der Waals surface area contributed by atoms with Gasteiger partial charge in [-0.05, 0) is 42.0 Å². The minimum absolute atomic E-state index is 0.102. The molecule has 0 aliphatic carbocycles. The maximum atomic E-state index is 12.7. The molecule has 1 heterocycles. The maximum Gasteiger partial charge on any atom is 0.355 e. The number of hydrogen-bond donors (Lipinski definition) is 0. The van der Waals surface area contributed by atoms with Crippen LogP contribution in [0.25, 0.3) is 0 Å². The van der Waals surface area contributed by atoms with Crippen LogP contribution in [0.4, 0.5) is 14.5 Å². The zero-order valence-corrected chi connectivity index (χ0v) is 12.0. The Morgan fingerprint density at radius 1 is 1.26 bits per heavy atom. The van der Waals surface area contributed by atoms with Crippen LogP contribution in [0.15, 0.2) is 12.1 Å². The normalized spacial score (nSPS) is 15.4. The van der Waals surface area contributed by atoms with Crippen molar-refractivity contribution in [3.63, 3.8) is 0 Å². The van der Waals surface area contributed by atoms with E-state index in [0.29, 0.717) is 12.1 Å². The van der Waals surface area contributed by atoms with Crippen LogP contribution in [0.2, 0.25) is 0 Å². The van der Waals surface area contributed by atoms with Crippen molar-refractivity contribution in [2.45, 2.75) is 38.9 Å². The fourth-order valence-electron chi connectivity index (χ4n) is 2.40. The van der Waals surface area contributed by atoms with Crippen LogP contribution in [0.3, 0.4) is 0 Å². The highest BCUT2D eigenvalue weighted by Gasteiger charge is 2.37. The van der Waals surface area contributed by atoms with Crippen molar-refractivity contribution in [3.8, 4) is 0 Å². The largest absolute Gasteiger partial charge is 0.355 e. The van der Waals surface area contributed by atoms with Crippen molar-refractivity contribution < 1.29 is 17.2 Å².